The summed E-state index contributed by atoms with van der Waals surface area (Å²) in [6.07, 6.45) is -0.269. The normalized spacial score (nSPS) is 21.4. The number of hydrogen-bond donors (Lipinski definition) is 0. The molecule has 1 heterocycles. The van der Waals surface area contributed by atoms with Crippen molar-refractivity contribution in [1.29, 1.82) is 0 Å². The maximum atomic E-state index is 5.83. The first-order chi connectivity index (χ1) is 9.66. The van der Waals surface area contributed by atoms with Crippen molar-refractivity contribution in [2.45, 2.75) is 26.1 Å². The molecule has 2 atom stereocenters. The van der Waals surface area contributed by atoms with Crippen LogP contribution in [0.5, 0.6) is 0 Å². The second-order valence-corrected chi connectivity index (χ2v) is 5.16. The van der Waals surface area contributed by atoms with E-state index in [0.717, 1.165) is 11.1 Å². The van der Waals surface area contributed by atoms with E-state index < -0.39 is 0 Å². The average Bonchev–Trinajstić information content (AvgIpc) is 2.81. The van der Waals surface area contributed by atoms with Gasteiger partial charge in [0.15, 0.2) is 12.2 Å². The Hall–Kier alpha value is -2.22. The van der Waals surface area contributed by atoms with Crippen LogP contribution in [0.15, 0.2) is 61.1 Å². The fourth-order valence-electron chi connectivity index (χ4n) is 2.70. The van der Waals surface area contributed by atoms with Crippen LogP contribution >= 0.6 is 0 Å². The molecule has 0 aromatic heterocycles. The second-order valence-electron chi connectivity index (χ2n) is 5.16. The van der Waals surface area contributed by atoms with Gasteiger partial charge in [-0.1, -0.05) is 48.5 Å². The van der Waals surface area contributed by atoms with Crippen LogP contribution in [-0.2, 0) is 9.47 Å². The van der Waals surface area contributed by atoms with E-state index in [1.807, 2.05) is 24.3 Å². The second kappa shape index (κ2) is 5.04. The number of aryl methyl sites for hydroxylation is 2. The first-order valence-electron chi connectivity index (χ1n) is 6.80. The Balaban J connectivity index is 2.04. The summed E-state index contributed by atoms with van der Waals surface area (Å²) in [6.45, 7) is 8.00. The molecule has 0 spiro atoms. The number of rotatable bonds is 2. The zero-order valence-corrected chi connectivity index (χ0v) is 11.8. The number of benzene rings is 2. The topological polar surface area (TPSA) is 18.5 Å². The van der Waals surface area contributed by atoms with Crippen molar-refractivity contribution in [3.05, 3.63) is 83.3 Å². The molecule has 3 rings (SSSR count). The molecule has 1 saturated heterocycles. The summed E-state index contributed by atoms with van der Waals surface area (Å²) in [5.74, 6) is 0.395. The first-order valence-corrected chi connectivity index (χ1v) is 6.80. The van der Waals surface area contributed by atoms with Crippen LogP contribution in [0.2, 0.25) is 0 Å². The Kier molecular flexibility index (Phi) is 3.23. The molecule has 0 radical (unpaired) electrons. The van der Waals surface area contributed by atoms with Gasteiger partial charge in [-0.25, -0.2) is 0 Å². The maximum absolute atomic E-state index is 5.83. The van der Waals surface area contributed by atoms with Crippen molar-refractivity contribution >= 4 is 0 Å². The third-order valence-electron chi connectivity index (χ3n) is 3.78. The molecule has 1 aliphatic rings. The quantitative estimate of drug-likeness (QED) is 0.790. The van der Waals surface area contributed by atoms with Gasteiger partial charge in [-0.05, 0) is 42.7 Å². The smallest absolute Gasteiger partial charge is 0.273 e. The molecule has 0 saturated carbocycles. The molecule has 0 bridgehead atoms. The summed E-state index contributed by atoms with van der Waals surface area (Å²) in [6, 6.07) is 16.5. The Morgan fingerprint density at radius 2 is 1.15 bits per heavy atom. The predicted octanol–water partition coefficient (Wildman–Crippen LogP) is 4.60. The first kappa shape index (κ1) is 12.8. The van der Waals surface area contributed by atoms with E-state index >= 15 is 0 Å². The third kappa shape index (κ3) is 2.18. The Labute approximate surface area is 119 Å². The van der Waals surface area contributed by atoms with Gasteiger partial charge in [0.1, 0.15) is 0 Å². The summed E-state index contributed by atoms with van der Waals surface area (Å²) in [4.78, 5) is 0. The summed E-state index contributed by atoms with van der Waals surface area (Å²) < 4.78 is 11.7. The lowest BCUT2D eigenvalue weighted by Gasteiger charge is -2.19. The minimum atomic E-state index is -0.134. The van der Waals surface area contributed by atoms with Crippen molar-refractivity contribution in [3.8, 4) is 0 Å². The van der Waals surface area contributed by atoms with Gasteiger partial charge in [0.2, 0.25) is 0 Å². The van der Waals surface area contributed by atoms with Crippen LogP contribution in [0.25, 0.3) is 0 Å². The molecule has 0 N–H and O–H groups in total. The molecule has 20 heavy (non-hydrogen) atoms. The molecule has 2 aromatic rings. The van der Waals surface area contributed by atoms with E-state index in [2.05, 4.69) is 44.7 Å². The standard InChI is InChI=1S/C18H18O2/c1-12-8-4-6-10-15(12)17-18(20-14(3)19-17)16-11-7-5-9-13(16)2/h4-11,17-18H,3H2,1-2H3/t17-,18-/m1/s1. The van der Waals surface area contributed by atoms with Crippen LogP contribution in [-0.4, -0.2) is 0 Å². The van der Waals surface area contributed by atoms with E-state index in [1.54, 1.807) is 0 Å². The average molecular weight is 266 g/mol. The molecule has 2 aromatic carbocycles. The lowest BCUT2D eigenvalue weighted by Crippen LogP contribution is -2.09. The molecular formula is C18H18O2. The Morgan fingerprint density at radius 1 is 0.750 bits per heavy atom. The van der Waals surface area contributed by atoms with Crippen molar-refractivity contribution in [2.75, 3.05) is 0 Å². The van der Waals surface area contributed by atoms with E-state index in [9.17, 15) is 0 Å². The summed E-state index contributed by atoms with van der Waals surface area (Å²) >= 11 is 0. The maximum Gasteiger partial charge on any atom is 0.273 e. The van der Waals surface area contributed by atoms with Gasteiger partial charge in [0, 0.05) is 0 Å². The minimum absolute atomic E-state index is 0.134. The molecule has 0 amide bonds. The summed E-state index contributed by atoms with van der Waals surface area (Å²) in [5, 5.41) is 0. The monoisotopic (exact) mass is 266 g/mol. The molecule has 0 aliphatic carbocycles. The van der Waals surface area contributed by atoms with E-state index in [1.165, 1.54) is 11.1 Å². The van der Waals surface area contributed by atoms with Crippen LogP contribution in [0, 0.1) is 13.8 Å². The molecule has 2 heteroatoms. The fourth-order valence-corrected chi connectivity index (χ4v) is 2.70. The highest BCUT2D eigenvalue weighted by atomic mass is 16.7. The van der Waals surface area contributed by atoms with Crippen molar-refractivity contribution in [3.63, 3.8) is 0 Å². The largest absolute Gasteiger partial charge is 0.453 e. The Bertz CT molecular complexity index is 590. The molecule has 102 valence electrons. The zero-order chi connectivity index (χ0) is 14.1. The van der Waals surface area contributed by atoms with Crippen molar-refractivity contribution in [2.24, 2.45) is 0 Å². The van der Waals surface area contributed by atoms with Gasteiger partial charge in [-0.15, -0.1) is 0 Å². The SMILES string of the molecule is C=C1O[C@H](c2ccccc2C)[C@@H](c2ccccc2C)O1. The zero-order valence-electron chi connectivity index (χ0n) is 11.8. The van der Waals surface area contributed by atoms with Gasteiger partial charge in [-0.3, -0.25) is 0 Å². The third-order valence-corrected chi connectivity index (χ3v) is 3.78. The van der Waals surface area contributed by atoms with Crippen LogP contribution in [0.4, 0.5) is 0 Å². The number of hydrogen-bond acceptors (Lipinski definition) is 2. The van der Waals surface area contributed by atoms with Gasteiger partial charge in [0.25, 0.3) is 5.95 Å². The minimum Gasteiger partial charge on any atom is -0.453 e. The van der Waals surface area contributed by atoms with E-state index in [0.29, 0.717) is 5.95 Å². The molecular weight excluding hydrogens is 248 g/mol. The van der Waals surface area contributed by atoms with Gasteiger partial charge < -0.3 is 9.47 Å². The van der Waals surface area contributed by atoms with Crippen LogP contribution < -0.4 is 0 Å². The van der Waals surface area contributed by atoms with Gasteiger partial charge >= 0.3 is 0 Å². The van der Waals surface area contributed by atoms with Gasteiger partial charge in [-0.2, -0.15) is 0 Å². The van der Waals surface area contributed by atoms with E-state index in [-0.39, 0.29) is 12.2 Å². The van der Waals surface area contributed by atoms with Crippen LogP contribution in [0.3, 0.4) is 0 Å². The van der Waals surface area contributed by atoms with Crippen molar-refractivity contribution in [1.82, 2.24) is 0 Å². The lowest BCUT2D eigenvalue weighted by atomic mass is 9.93. The summed E-state index contributed by atoms with van der Waals surface area (Å²) in [7, 11) is 0. The molecule has 2 nitrogen and oxygen atoms in total. The fraction of sp³-hybridized carbons (Fsp3) is 0.222. The van der Waals surface area contributed by atoms with Crippen LogP contribution in [0.1, 0.15) is 34.5 Å². The van der Waals surface area contributed by atoms with Gasteiger partial charge in [0.05, 0.1) is 0 Å². The predicted molar refractivity (Wildman–Crippen MR) is 79.2 cm³/mol. The molecule has 1 aliphatic heterocycles. The summed E-state index contributed by atoms with van der Waals surface area (Å²) in [5.41, 5.74) is 4.71. The Morgan fingerprint density at radius 3 is 1.55 bits per heavy atom. The molecule has 1 fully saturated rings. The highest BCUT2D eigenvalue weighted by molar-refractivity contribution is 5.35. The van der Waals surface area contributed by atoms with Crippen molar-refractivity contribution < 1.29 is 9.47 Å². The number of ether oxygens (including phenoxy) is 2. The molecule has 0 unspecified atom stereocenters. The highest BCUT2D eigenvalue weighted by Gasteiger charge is 2.37. The lowest BCUT2D eigenvalue weighted by molar-refractivity contribution is 0.142. The highest BCUT2D eigenvalue weighted by Crippen LogP contribution is 2.45. The van der Waals surface area contributed by atoms with E-state index in [4.69, 9.17) is 9.47 Å².